The lowest BCUT2D eigenvalue weighted by Crippen LogP contribution is -2.40. The molecule has 3 N–H and O–H groups in total. The van der Waals surface area contributed by atoms with Gasteiger partial charge >= 0.3 is 5.97 Å². The molecule has 5 heteroatoms. The molecule has 0 aromatic rings. The van der Waals surface area contributed by atoms with Crippen molar-refractivity contribution in [3.05, 3.63) is 0 Å². The summed E-state index contributed by atoms with van der Waals surface area (Å²) in [6, 6.07) is -0.208. The molecule has 0 aromatic carbocycles. The highest BCUT2D eigenvalue weighted by molar-refractivity contribution is 5.81. The van der Waals surface area contributed by atoms with Crippen LogP contribution >= 0.6 is 0 Å². The number of hydrogen-bond donors (Lipinski definition) is 2. The molecule has 0 saturated carbocycles. The van der Waals surface area contributed by atoms with Crippen LogP contribution in [0.25, 0.3) is 0 Å². The SMILES string of the molecule is CCCN(CC(=O)O)C(=O)CC(N)C(C)C. The van der Waals surface area contributed by atoms with Crippen molar-refractivity contribution in [2.24, 2.45) is 11.7 Å². The Balaban J connectivity index is 4.31. The molecule has 0 spiro atoms. The normalized spacial score (nSPS) is 12.6. The zero-order valence-corrected chi connectivity index (χ0v) is 10.3. The number of carboxylic acid groups (broad SMARTS) is 1. The van der Waals surface area contributed by atoms with Crippen LogP contribution in [0.5, 0.6) is 0 Å². The minimum atomic E-state index is -0.986. The number of nitrogens with zero attached hydrogens (tertiary/aromatic N) is 1. The molecule has 16 heavy (non-hydrogen) atoms. The first-order valence-corrected chi connectivity index (χ1v) is 5.63. The van der Waals surface area contributed by atoms with E-state index in [-0.39, 0.29) is 30.8 Å². The standard InChI is InChI=1S/C11H22N2O3/c1-4-5-13(7-11(15)16)10(14)6-9(12)8(2)3/h8-9H,4-7,12H2,1-3H3,(H,15,16). The van der Waals surface area contributed by atoms with Crippen LogP contribution < -0.4 is 5.73 Å². The van der Waals surface area contributed by atoms with Gasteiger partial charge in [0.05, 0.1) is 0 Å². The third-order valence-corrected chi connectivity index (χ3v) is 2.44. The maximum atomic E-state index is 11.8. The summed E-state index contributed by atoms with van der Waals surface area (Å²) >= 11 is 0. The summed E-state index contributed by atoms with van der Waals surface area (Å²) in [4.78, 5) is 23.7. The third kappa shape index (κ3) is 5.70. The number of carboxylic acids is 1. The van der Waals surface area contributed by atoms with Crippen molar-refractivity contribution >= 4 is 11.9 Å². The summed E-state index contributed by atoms with van der Waals surface area (Å²) in [7, 11) is 0. The van der Waals surface area contributed by atoms with E-state index in [0.29, 0.717) is 6.54 Å². The zero-order valence-electron chi connectivity index (χ0n) is 10.3. The van der Waals surface area contributed by atoms with Gasteiger partial charge in [-0.05, 0) is 12.3 Å². The van der Waals surface area contributed by atoms with Gasteiger partial charge < -0.3 is 15.7 Å². The predicted molar refractivity (Wildman–Crippen MR) is 61.9 cm³/mol. The van der Waals surface area contributed by atoms with Crippen molar-refractivity contribution in [2.75, 3.05) is 13.1 Å². The van der Waals surface area contributed by atoms with E-state index in [9.17, 15) is 9.59 Å². The lowest BCUT2D eigenvalue weighted by Gasteiger charge is -2.23. The maximum Gasteiger partial charge on any atom is 0.323 e. The molecular formula is C11H22N2O3. The van der Waals surface area contributed by atoms with E-state index in [1.807, 2.05) is 20.8 Å². The Bertz CT molecular complexity index is 241. The summed E-state index contributed by atoms with van der Waals surface area (Å²) in [5, 5.41) is 8.68. The molecule has 1 atom stereocenters. The van der Waals surface area contributed by atoms with Crippen LogP contribution in [-0.4, -0.2) is 41.0 Å². The molecule has 5 nitrogen and oxygen atoms in total. The van der Waals surface area contributed by atoms with Crippen LogP contribution in [0.3, 0.4) is 0 Å². The minimum absolute atomic E-state index is 0.176. The fourth-order valence-corrected chi connectivity index (χ4v) is 1.29. The molecule has 0 saturated heterocycles. The number of aliphatic carboxylic acids is 1. The van der Waals surface area contributed by atoms with Gasteiger partial charge in [0, 0.05) is 19.0 Å². The highest BCUT2D eigenvalue weighted by Gasteiger charge is 2.19. The minimum Gasteiger partial charge on any atom is -0.480 e. The van der Waals surface area contributed by atoms with Gasteiger partial charge in [0.15, 0.2) is 0 Å². The molecule has 0 aromatic heterocycles. The smallest absolute Gasteiger partial charge is 0.323 e. The molecule has 0 aliphatic rings. The van der Waals surface area contributed by atoms with Crippen molar-refractivity contribution in [3.63, 3.8) is 0 Å². The van der Waals surface area contributed by atoms with Gasteiger partial charge in [-0.25, -0.2) is 0 Å². The van der Waals surface area contributed by atoms with Gasteiger partial charge in [-0.15, -0.1) is 0 Å². The Morgan fingerprint density at radius 2 is 1.94 bits per heavy atom. The third-order valence-electron chi connectivity index (χ3n) is 2.44. The molecule has 1 amide bonds. The summed E-state index contributed by atoms with van der Waals surface area (Å²) in [6.07, 6.45) is 0.959. The first-order valence-electron chi connectivity index (χ1n) is 5.63. The summed E-state index contributed by atoms with van der Waals surface area (Å²) < 4.78 is 0. The predicted octanol–water partition coefficient (Wildman–Crippen LogP) is 0.683. The Morgan fingerprint density at radius 3 is 2.31 bits per heavy atom. The zero-order chi connectivity index (χ0) is 12.7. The molecule has 0 radical (unpaired) electrons. The van der Waals surface area contributed by atoms with E-state index in [0.717, 1.165) is 6.42 Å². The van der Waals surface area contributed by atoms with Gasteiger partial charge in [0.25, 0.3) is 0 Å². The van der Waals surface area contributed by atoms with E-state index in [1.54, 1.807) is 0 Å². The average Bonchev–Trinajstić information content (AvgIpc) is 2.16. The molecule has 0 fully saturated rings. The number of amides is 1. The fourth-order valence-electron chi connectivity index (χ4n) is 1.29. The molecule has 0 aliphatic carbocycles. The van der Waals surface area contributed by atoms with Crippen molar-refractivity contribution < 1.29 is 14.7 Å². The van der Waals surface area contributed by atoms with Crippen LogP contribution in [0.1, 0.15) is 33.6 Å². The molecular weight excluding hydrogens is 208 g/mol. The molecule has 0 rings (SSSR count). The Labute approximate surface area is 96.6 Å². The van der Waals surface area contributed by atoms with E-state index in [1.165, 1.54) is 4.90 Å². The summed E-state index contributed by atoms with van der Waals surface area (Å²) in [5.41, 5.74) is 5.79. The molecule has 0 heterocycles. The Hall–Kier alpha value is -1.10. The second-order valence-corrected chi connectivity index (χ2v) is 4.32. The molecule has 94 valence electrons. The number of carbonyl (C=O) groups is 2. The van der Waals surface area contributed by atoms with Crippen LogP contribution in [0.4, 0.5) is 0 Å². The summed E-state index contributed by atoms with van der Waals surface area (Å²) in [6.45, 7) is 6.02. The first-order chi connectivity index (χ1) is 7.38. The van der Waals surface area contributed by atoms with Crippen LogP contribution in [0.15, 0.2) is 0 Å². The van der Waals surface area contributed by atoms with E-state index in [4.69, 9.17) is 10.8 Å². The fraction of sp³-hybridized carbons (Fsp3) is 0.818. The Morgan fingerprint density at radius 1 is 1.38 bits per heavy atom. The largest absolute Gasteiger partial charge is 0.480 e. The van der Waals surface area contributed by atoms with Gasteiger partial charge in [-0.2, -0.15) is 0 Å². The monoisotopic (exact) mass is 230 g/mol. The number of carbonyl (C=O) groups excluding carboxylic acids is 1. The van der Waals surface area contributed by atoms with Gasteiger partial charge in [-0.3, -0.25) is 9.59 Å². The highest BCUT2D eigenvalue weighted by Crippen LogP contribution is 2.06. The molecule has 0 bridgehead atoms. The van der Waals surface area contributed by atoms with Crippen LogP contribution in [0, 0.1) is 5.92 Å². The number of hydrogen-bond acceptors (Lipinski definition) is 3. The Kier molecular flexibility index (Phi) is 6.72. The topological polar surface area (TPSA) is 83.6 Å². The second kappa shape index (κ2) is 7.22. The van der Waals surface area contributed by atoms with Gasteiger partial charge in [0.2, 0.25) is 5.91 Å². The van der Waals surface area contributed by atoms with Crippen molar-refractivity contribution in [1.29, 1.82) is 0 Å². The van der Waals surface area contributed by atoms with E-state index >= 15 is 0 Å². The number of nitrogens with two attached hydrogens (primary N) is 1. The summed E-state index contributed by atoms with van der Waals surface area (Å²) in [5.74, 6) is -0.942. The maximum absolute atomic E-state index is 11.8. The highest BCUT2D eigenvalue weighted by atomic mass is 16.4. The lowest BCUT2D eigenvalue weighted by atomic mass is 10.0. The van der Waals surface area contributed by atoms with Gasteiger partial charge in [-0.1, -0.05) is 20.8 Å². The van der Waals surface area contributed by atoms with Crippen molar-refractivity contribution in [2.45, 2.75) is 39.7 Å². The average molecular weight is 230 g/mol. The quantitative estimate of drug-likeness (QED) is 0.673. The van der Waals surface area contributed by atoms with Crippen molar-refractivity contribution in [1.82, 2.24) is 4.90 Å². The molecule has 1 unspecified atom stereocenters. The van der Waals surface area contributed by atoms with Crippen molar-refractivity contribution in [3.8, 4) is 0 Å². The van der Waals surface area contributed by atoms with E-state index < -0.39 is 5.97 Å². The van der Waals surface area contributed by atoms with E-state index in [2.05, 4.69) is 0 Å². The first kappa shape index (κ1) is 14.9. The number of rotatable bonds is 7. The van der Waals surface area contributed by atoms with Crippen LogP contribution in [-0.2, 0) is 9.59 Å². The molecule has 0 aliphatic heterocycles. The lowest BCUT2D eigenvalue weighted by molar-refractivity contribution is -0.144. The van der Waals surface area contributed by atoms with Crippen LogP contribution in [0.2, 0.25) is 0 Å². The van der Waals surface area contributed by atoms with Gasteiger partial charge in [0.1, 0.15) is 6.54 Å². The second-order valence-electron chi connectivity index (χ2n) is 4.32.